The Morgan fingerprint density at radius 2 is 1.65 bits per heavy atom. The van der Waals surface area contributed by atoms with Crippen molar-refractivity contribution >= 4 is 0 Å². The van der Waals surface area contributed by atoms with Crippen LogP contribution in [0.1, 0.15) is 11.6 Å². The van der Waals surface area contributed by atoms with E-state index in [4.69, 9.17) is 11.5 Å². The first-order valence-electron chi connectivity index (χ1n) is 5.52. The molecule has 0 spiro atoms. The monoisotopic (exact) mass is 230 g/mol. The third-order valence-corrected chi connectivity index (χ3v) is 2.73. The average molecular weight is 230 g/mol. The van der Waals surface area contributed by atoms with Crippen molar-refractivity contribution < 1.29 is 4.39 Å². The smallest absolute Gasteiger partial charge is 0.123 e. The van der Waals surface area contributed by atoms with Crippen LogP contribution >= 0.6 is 0 Å². The Bertz CT molecular complexity index is 511. The molecule has 0 radical (unpaired) electrons. The van der Waals surface area contributed by atoms with Crippen LogP contribution in [0.4, 0.5) is 4.39 Å². The maximum Gasteiger partial charge on any atom is 0.123 e. The molecule has 1 atom stereocenters. The summed E-state index contributed by atoms with van der Waals surface area (Å²) in [6, 6.07) is 14.0. The predicted octanol–water partition coefficient (Wildman–Crippen LogP) is 2.45. The normalized spacial score (nSPS) is 12.4. The Labute approximate surface area is 100 Å². The lowest BCUT2D eigenvalue weighted by Gasteiger charge is -2.11. The van der Waals surface area contributed by atoms with Crippen molar-refractivity contribution in [3.8, 4) is 11.1 Å². The molecule has 0 aliphatic rings. The van der Waals surface area contributed by atoms with Gasteiger partial charge in [-0.3, -0.25) is 0 Å². The van der Waals surface area contributed by atoms with Crippen molar-refractivity contribution in [2.45, 2.75) is 6.04 Å². The fourth-order valence-electron chi connectivity index (χ4n) is 1.75. The van der Waals surface area contributed by atoms with Crippen molar-refractivity contribution in [1.29, 1.82) is 0 Å². The van der Waals surface area contributed by atoms with Gasteiger partial charge in [-0.1, -0.05) is 30.3 Å². The fraction of sp³-hybridized carbons (Fsp3) is 0.143. The van der Waals surface area contributed by atoms with Gasteiger partial charge in [-0.15, -0.1) is 0 Å². The van der Waals surface area contributed by atoms with Crippen LogP contribution in [-0.2, 0) is 0 Å². The van der Waals surface area contributed by atoms with Gasteiger partial charge in [0, 0.05) is 12.6 Å². The maximum atomic E-state index is 13.1. The van der Waals surface area contributed by atoms with E-state index in [1.54, 1.807) is 6.07 Å². The zero-order valence-electron chi connectivity index (χ0n) is 9.44. The van der Waals surface area contributed by atoms with Crippen molar-refractivity contribution in [3.05, 3.63) is 59.9 Å². The molecule has 0 amide bonds. The molecule has 0 aliphatic carbocycles. The minimum atomic E-state index is -0.240. The molecule has 3 heteroatoms. The zero-order chi connectivity index (χ0) is 12.3. The molecule has 88 valence electrons. The topological polar surface area (TPSA) is 52.0 Å². The number of hydrogen-bond donors (Lipinski definition) is 2. The first-order valence-corrected chi connectivity index (χ1v) is 5.52. The molecule has 0 heterocycles. The Balaban J connectivity index is 2.39. The van der Waals surface area contributed by atoms with E-state index in [1.165, 1.54) is 12.1 Å². The van der Waals surface area contributed by atoms with Crippen LogP contribution in [0.5, 0.6) is 0 Å². The Hall–Kier alpha value is -1.71. The van der Waals surface area contributed by atoms with E-state index < -0.39 is 0 Å². The Morgan fingerprint density at radius 3 is 2.29 bits per heavy atom. The third-order valence-electron chi connectivity index (χ3n) is 2.73. The number of nitrogens with two attached hydrogens (primary N) is 2. The van der Waals surface area contributed by atoms with Gasteiger partial charge in [0.1, 0.15) is 5.82 Å². The molecule has 2 nitrogen and oxygen atoms in total. The SMILES string of the molecule is NC[C@H](N)c1cccc(-c2cccc(F)c2)c1. The van der Waals surface area contributed by atoms with E-state index in [0.29, 0.717) is 6.54 Å². The second-order valence-corrected chi connectivity index (χ2v) is 3.98. The summed E-state index contributed by atoms with van der Waals surface area (Å²) in [5, 5.41) is 0. The van der Waals surface area contributed by atoms with E-state index in [9.17, 15) is 4.39 Å². The quantitative estimate of drug-likeness (QED) is 0.851. The van der Waals surface area contributed by atoms with Crippen LogP contribution in [0.3, 0.4) is 0 Å². The lowest BCUT2D eigenvalue weighted by atomic mass is 10.00. The first kappa shape index (κ1) is 11.8. The molecule has 0 bridgehead atoms. The molecular formula is C14H15FN2. The summed E-state index contributed by atoms with van der Waals surface area (Å²) in [6.07, 6.45) is 0. The van der Waals surface area contributed by atoms with E-state index in [-0.39, 0.29) is 11.9 Å². The number of rotatable bonds is 3. The molecule has 4 N–H and O–H groups in total. The predicted molar refractivity (Wildman–Crippen MR) is 67.8 cm³/mol. The lowest BCUT2D eigenvalue weighted by molar-refractivity contribution is 0.628. The van der Waals surface area contributed by atoms with Gasteiger partial charge in [0.15, 0.2) is 0 Å². The highest BCUT2D eigenvalue weighted by Crippen LogP contribution is 2.22. The number of benzene rings is 2. The molecule has 17 heavy (non-hydrogen) atoms. The van der Waals surface area contributed by atoms with Crippen LogP contribution in [0.25, 0.3) is 11.1 Å². The molecule has 2 aromatic rings. The van der Waals surface area contributed by atoms with Crippen molar-refractivity contribution in [2.75, 3.05) is 6.54 Å². The average Bonchev–Trinajstić information content (AvgIpc) is 2.38. The van der Waals surface area contributed by atoms with Crippen molar-refractivity contribution in [2.24, 2.45) is 11.5 Å². The summed E-state index contributed by atoms with van der Waals surface area (Å²) in [7, 11) is 0. The minimum Gasteiger partial charge on any atom is -0.329 e. The van der Waals surface area contributed by atoms with Gasteiger partial charge >= 0.3 is 0 Å². The second kappa shape index (κ2) is 5.08. The zero-order valence-corrected chi connectivity index (χ0v) is 9.44. The number of hydrogen-bond acceptors (Lipinski definition) is 2. The molecule has 0 fully saturated rings. The third kappa shape index (κ3) is 2.70. The standard InChI is InChI=1S/C14H15FN2/c15-13-6-2-4-11(8-13)10-3-1-5-12(7-10)14(17)9-16/h1-8,14H,9,16-17H2/t14-/m0/s1. The Morgan fingerprint density at radius 1 is 1.00 bits per heavy atom. The minimum absolute atomic E-state index is 0.177. The summed E-state index contributed by atoms with van der Waals surface area (Å²) in [4.78, 5) is 0. The fourth-order valence-corrected chi connectivity index (χ4v) is 1.75. The highest BCUT2D eigenvalue weighted by molar-refractivity contribution is 5.64. The molecule has 0 aromatic heterocycles. The highest BCUT2D eigenvalue weighted by atomic mass is 19.1. The van der Waals surface area contributed by atoms with Gasteiger partial charge in [0.2, 0.25) is 0 Å². The molecule has 0 unspecified atom stereocenters. The number of halogens is 1. The molecule has 0 aliphatic heterocycles. The van der Waals surface area contributed by atoms with Gasteiger partial charge in [-0.25, -0.2) is 4.39 Å². The van der Waals surface area contributed by atoms with Crippen LogP contribution in [-0.4, -0.2) is 6.54 Å². The van der Waals surface area contributed by atoms with Gasteiger partial charge in [0.25, 0.3) is 0 Å². The van der Waals surface area contributed by atoms with E-state index in [1.807, 2.05) is 30.3 Å². The van der Waals surface area contributed by atoms with Gasteiger partial charge in [0.05, 0.1) is 0 Å². The van der Waals surface area contributed by atoms with Gasteiger partial charge < -0.3 is 11.5 Å². The molecule has 2 aromatic carbocycles. The highest BCUT2D eigenvalue weighted by Gasteiger charge is 2.05. The molecule has 0 saturated heterocycles. The summed E-state index contributed by atoms with van der Waals surface area (Å²) in [5.41, 5.74) is 14.2. The summed E-state index contributed by atoms with van der Waals surface area (Å²) >= 11 is 0. The van der Waals surface area contributed by atoms with E-state index in [2.05, 4.69) is 0 Å². The summed E-state index contributed by atoms with van der Waals surface area (Å²) < 4.78 is 13.1. The second-order valence-electron chi connectivity index (χ2n) is 3.98. The maximum absolute atomic E-state index is 13.1. The summed E-state index contributed by atoms with van der Waals surface area (Å²) in [5.74, 6) is -0.240. The van der Waals surface area contributed by atoms with Crippen molar-refractivity contribution in [1.82, 2.24) is 0 Å². The van der Waals surface area contributed by atoms with E-state index in [0.717, 1.165) is 16.7 Å². The van der Waals surface area contributed by atoms with Gasteiger partial charge in [-0.05, 0) is 34.9 Å². The van der Waals surface area contributed by atoms with Crippen molar-refractivity contribution in [3.63, 3.8) is 0 Å². The largest absolute Gasteiger partial charge is 0.329 e. The van der Waals surface area contributed by atoms with Crippen LogP contribution in [0.15, 0.2) is 48.5 Å². The molecule has 0 saturated carbocycles. The van der Waals surface area contributed by atoms with Crippen LogP contribution < -0.4 is 11.5 Å². The first-order chi connectivity index (χ1) is 8.20. The molecule has 2 rings (SSSR count). The molecular weight excluding hydrogens is 215 g/mol. The Kier molecular flexibility index (Phi) is 3.52. The van der Waals surface area contributed by atoms with Crippen LogP contribution in [0, 0.1) is 5.82 Å². The lowest BCUT2D eigenvalue weighted by Crippen LogP contribution is -2.20. The van der Waals surface area contributed by atoms with Gasteiger partial charge in [-0.2, -0.15) is 0 Å². The van der Waals surface area contributed by atoms with E-state index >= 15 is 0 Å². The summed E-state index contributed by atoms with van der Waals surface area (Å²) in [6.45, 7) is 0.395. The van der Waals surface area contributed by atoms with Crippen LogP contribution in [0.2, 0.25) is 0 Å².